The number of ether oxygens (including phenoxy) is 1. The molecule has 0 unspecified atom stereocenters. The van der Waals surface area contributed by atoms with Crippen LogP contribution in [0.15, 0.2) is 59.6 Å². The second-order valence-electron chi connectivity index (χ2n) is 5.24. The first-order valence-electron chi connectivity index (χ1n) is 7.95. The van der Waals surface area contributed by atoms with Crippen LogP contribution in [0.1, 0.15) is 23.6 Å². The molecule has 2 aromatic carbocycles. The molecule has 0 radical (unpaired) electrons. The molecule has 4 nitrogen and oxygen atoms in total. The van der Waals surface area contributed by atoms with Crippen LogP contribution in [0.5, 0.6) is 0 Å². The number of aliphatic imine (C=N–C) groups is 1. The monoisotopic (exact) mass is 311 g/mol. The fourth-order valence-electron chi connectivity index (χ4n) is 2.30. The van der Waals surface area contributed by atoms with Gasteiger partial charge in [0.25, 0.3) is 0 Å². The summed E-state index contributed by atoms with van der Waals surface area (Å²) in [6.07, 6.45) is 0. The molecular weight excluding hydrogens is 286 g/mol. The van der Waals surface area contributed by atoms with Crippen LogP contribution in [-0.4, -0.2) is 19.6 Å². The smallest absolute Gasteiger partial charge is 0.191 e. The lowest BCUT2D eigenvalue weighted by Crippen LogP contribution is -2.37. The maximum atomic E-state index is 5.25. The fraction of sp³-hybridized carbons (Fsp3) is 0.316. The van der Waals surface area contributed by atoms with E-state index in [9.17, 15) is 0 Å². The molecule has 23 heavy (non-hydrogen) atoms. The van der Waals surface area contributed by atoms with Crippen LogP contribution in [0.25, 0.3) is 0 Å². The zero-order valence-electron chi connectivity index (χ0n) is 13.9. The molecule has 2 aromatic rings. The van der Waals surface area contributed by atoms with E-state index >= 15 is 0 Å². The minimum absolute atomic E-state index is 0.621. The number of hydrogen-bond donors (Lipinski definition) is 2. The fourth-order valence-corrected chi connectivity index (χ4v) is 2.30. The molecule has 0 aromatic heterocycles. The number of nitrogens with one attached hydrogen (secondary N) is 2. The Balaban J connectivity index is 1.99. The Hall–Kier alpha value is -2.33. The molecule has 0 saturated heterocycles. The Kier molecular flexibility index (Phi) is 7.14. The number of benzene rings is 2. The van der Waals surface area contributed by atoms with Gasteiger partial charge in [0, 0.05) is 20.2 Å². The van der Waals surface area contributed by atoms with Gasteiger partial charge in [-0.15, -0.1) is 0 Å². The Morgan fingerprint density at radius 3 is 2.35 bits per heavy atom. The summed E-state index contributed by atoms with van der Waals surface area (Å²) < 4.78 is 5.25. The summed E-state index contributed by atoms with van der Waals surface area (Å²) in [5, 5.41) is 6.67. The lowest BCUT2D eigenvalue weighted by molar-refractivity contribution is 0.184. The van der Waals surface area contributed by atoms with Gasteiger partial charge in [-0.2, -0.15) is 0 Å². The molecule has 0 fully saturated rings. The molecule has 0 aliphatic carbocycles. The average molecular weight is 311 g/mol. The van der Waals surface area contributed by atoms with Crippen molar-refractivity contribution in [1.29, 1.82) is 0 Å². The van der Waals surface area contributed by atoms with Crippen LogP contribution in [0.2, 0.25) is 0 Å². The molecule has 0 aliphatic rings. The summed E-state index contributed by atoms with van der Waals surface area (Å²) in [5.41, 5.74) is 3.62. The summed E-state index contributed by atoms with van der Waals surface area (Å²) in [4.78, 5) is 4.64. The van der Waals surface area contributed by atoms with Crippen molar-refractivity contribution in [2.45, 2.75) is 26.6 Å². The summed E-state index contributed by atoms with van der Waals surface area (Å²) >= 11 is 0. The van der Waals surface area contributed by atoms with E-state index in [-0.39, 0.29) is 0 Å². The van der Waals surface area contributed by atoms with Crippen molar-refractivity contribution in [3.8, 4) is 0 Å². The second kappa shape index (κ2) is 9.64. The number of guanidine groups is 1. The van der Waals surface area contributed by atoms with Gasteiger partial charge in [-0.25, -0.2) is 4.99 Å². The van der Waals surface area contributed by atoms with E-state index in [1.807, 2.05) is 30.3 Å². The van der Waals surface area contributed by atoms with Gasteiger partial charge in [0.1, 0.15) is 0 Å². The van der Waals surface area contributed by atoms with E-state index in [4.69, 9.17) is 4.74 Å². The Morgan fingerprint density at radius 1 is 0.957 bits per heavy atom. The normalized spacial score (nSPS) is 11.3. The summed E-state index contributed by atoms with van der Waals surface area (Å²) in [6.45, 7) is 4.91. The number of methoxy groups -OCH3 is 1. The zero-order valence-corrected chi connectivity index (χ0v) is 13.9. The van der Waals surface area contributed by atoms with Crippen LogP contribution in [0.3, 0.4) is 0 Å². The zero-order chi connectivity index (χ0) is 16.3. The van der Waals surface area contributed by atoms with Crippen molar-refractivity contribution in [3.05, 3.63) is 71.3 Å². The number of hydrogen-bond acceptors (Lipinski definition) is 2. The second-order valence-corrected chi connectivity index (χ2v) is 5.24. The predicted molar refractivity (Wildman–Crippen MR) is 95.3 cm³/mol. The van der Waals surface area contributed by atoms with Crippen LogP contribution < -0.4 is 10.6 Å². The molecule has 0 aliphatic heterocycles. The molecule has 2 rings (SSSR count). The lowest BCUT2D eigenvalue weighted by Gasteiger charge is -2.13. The molecule has 4 heteroatoms. The maximum Gasteiger partial charge on any atom is 0.191 e. The van der Waals surface area contributed by atoms with Gasteiger partial charge in [-0.05, 0) is 23.6 Å². The molecular formula is C19H25N3O. The number of rotatable bonds is 7. The molecule has 0 spiro atoms. The van der Waals surface area contributed by atoms with Gasteiger partial charge >= 0.3 is 0 Å². The third kappa shape index (κ3) is 5.75. The van der Waals surface area contributed by atoms with Crippen molar-refractivity contribution in [2.24, 2.45) is 4.99 Å². The highest BCUT2D eigenvalue weighted by Gasteiger charge is 2.03. The molecule has 0 atom stereocenters. The number of nitrogens with zero attached hydrogens (tertiary/aromatic N) is 1. The summed E-state index contributed by atoms with van der Waals surface area (Å²) in [5.74, 6) is 0.823. The third-order valence-corrected chi connectivity index (χ3v) is 3.47. The molecule has 0 bridgehead atoms. The quantitative estimate of drug-likeness (QED) is 0.610. The average Bonchev–Trinajstić information content (AvgIpc) is 2.60. The summed E-state index contributed by atoms with van der Waals surface area (Å²) in [6, 6.07) is 18.5. The maximum absolute atomic E-state index is 5.25. The van der Waals surface area contributed by atoms with E-state index < -0.39 is 0 Å². The van der Waals surface area contributed by atoms with E-state index in [2.05, 4.69) is 46.8 Å². The SMILES string of the molecule is CCNC(=NCc1ccccc1)NCc1ccccc1COC. The Labute approximate surface area is 138 Å². The van der Waals surface area contributed by atoms with Crippen molar-refractivity contribution in [2.75, 3.05) is 13.7 Å². The minimum atomic E-state index is 0.621. The predicted octanol–water partition coefficient (Wildman–Crippen LogP) is 3.09. The van der Waals surface area contributed by atoms with Gasteiger partial charge in [-0.3, -0.25) is 0 Å². The highest BCUT2D eigenvalue weighted by Crippen LogP contribution is 2.09. The largest absolute Gasteiger partial charge is 0.380 e. The van der Waals surface area contributed by atoms with Crippen LogP contribution >= 0.6 is 0 Å². The highest BCUT2D eigenvalue weighted by molar-refractivity contribution is 5.79. The molecule has 122 valence electrons. The first kappa shape index (κ1) is 17.0. The van der Waals surface area contributed by atoms with E-state index in [1.165, 1.54) is 16.7 Å². The first-order valence-corrected chi connectivity index (χ1v) is 7.95. The van der Waals surface area contributed by atoms with Crippen molar-refractivity contribution >= 4 is 5.96 Å². The van der Waals surface area contributed by atoms with Crippen LogP contribution in [0, 0.1) is 0 Å². The Bertz CT molecular complexity index is 611. The third-order valence-electron chi connectivity index (χ3n) is 3.47. The molecule has 0 amide bonds. The van der Waals surface area contributed by atoms with E-state index in [1.54, 1.807) is 7.11 Å². The van der Waals surface area contributed by atoms with E-state index in [0.717, 1.165) is 19.0 Å². The van der Waals surface area contributed by atoms with Crippen molar-refractivity contribution in [3.63, 3.8) is 0 Å². The van der Waals surface area contributed by atoms with Crippen molar-refractivity contribution < 1.29 is 4.74 Å². The van der Waals surface area contributed by atoms with Gasteiger partial charge in [0.2, 0.25) is 0 Å². The van der Waals surface area contributed by atoms with Gasteiger partial charge in [0.05, 0.1) is 13.2 Å². The van der Waals surface area contributed by atoms with Gasteiger partial charge < -0.3 is 15.4 Å². The van der Waals surface area contributed by atoms with Gasteiger partial charge in [0.15, 0.2) is 5.96 Å². The van der Waals surface area contributed by atoms with Crippen LogP contribution in [-0.2, 0) is 24.4 Å². The minimum Gasteiger partial charge on any atom is -0.380 e. The molecule has 2 N–H and O–H groups in total. The first-order chi connectivity index (χ1) is 11.3. The van der Waals surface area contributed by atoms with Crippen molar-refractivity contribution in [1.82, 2.24) is 10.6 Å². The lowest BCUT2D eigenvalue weighted by atomic mass is 10.1. The van der Waals surface area contributed by atoms with Gasteiger partial charge in [-0.1, -0.05) is 54.6 Å². The standard InChI is InChI=1S/C19H25N3O/c1-3-20-19(21-13-16-9-5-4-6-10-16)22-14-17-11-7-8-12-18(17)15-23-2/h4-12H,3,13-15H2,1-2H3,(H2,20,21,22). The molecule has 0 saturated carbocycles. The van der Waals surface area contributed by atoms with Crippen LogP contribution in [0.4, 0.5) is 0 Å². The Morgan fingerprint density at radius 2 is 1.65 bits per heavy atom. The molecule has 0 heterocycles. The highest BCUT2D eigenvalue weighted by atomic mass is 16.5. The topological polar surface area (TPSA) is 45.7 Å². The summed E-state index contributed by atoms with van der Waals surface area (Å²) in [7, 11) is 1.72. The van der Waals surface area contributed by atoms with E-state index in [0.29, 0.717) is 13.2 Å².